The van der Waals surface area contributed by atoms with Gasteiger partial charge in [-0.3, -0.25) is 9.59 Å². The smallest absolute Gasteiger partial charge is 0.239 e. The Bertz CT molecular complexity index is 1480. The van der Waals surface area contributed by atoms with Gasteiger partial charge in [0.25, 0.3) is 0 Å². The molecule has 1 N–H and O–H groups in total. The summed E-state index contributed by atoms with van der Waals surface area (Å²) >= 11 is 0. The van der Waals surface area contributed by atoms with Crippen molar-refractivity contribution in [2.75, 3.05) is 51.9 Å². The van der Waals surface area contributed by atoms with E-state index < -0.39 is 0 Å². The second-order valence-electron chi connectivity index (χ2n) is 11.5. The van der Waals surface area contributed by atoms with Crippen LogP contribution in [0.2, 0.25) is 0 Å². The summed E-state index contributed by atoms with van der Waals surface area (Å²) in [6.45, 7) is 5.97. The van der Waals surface area contributed by atoms with E-state index in [1.165, 1.54) is 0 Å². The number of hydrogen-bond acceptors (Lipinski definition) is 9. The second kappa shape index (κ2) is 15.2. The third kappa shape index (κ3) is 8.29. The molecule has 3 heterocycles. The molecule has 2 amide bonds. The number of fused-ring (bicyclic) bond motifs is 5. The van der Waals surface area contributed by atoms with Crippen LogP contribution in [-0.2, 0) is 38.5 Å². The van der Waals surface area contributed by atoms with Crippen LogP contribution in [0.15, 0.2) is 48.7 Å². The lowest BCUT2D eigenvalue weighted by atomic mass is 10.1. The lowest BCUT2D eigenvalue weighted by Crippen LogP contribution is -2.49. The van der Waals surface area contributed by atoms with Gasteiger partial charge in [-0.25, -0.2) is 9.97 Å². The third-order valence-corrected chi connectivity index (χ3v) is 8.09. The van der Waals surface area contributed by atoms with Crippen molar-refractivity contribution in [3.8, 4) is 17.2 Å². The van der Waals surface area contributed by atoms with E-state index >= 15 is 0 Å². The molecule has 2 aliphatic rings. The molecule has 240 valence electrons. The summed E-state index contributed by atoms with van der Waals surface area (Å²) in [7, 11) is 3.18. The summed E-state index contributed by atoms with van der Waals surface area (Å²) in [6, 6.07) is 13.1. The molecule has 0 saturated carbocycles. The Morgan fingerprint density at radius 1 is 1.07 bits per heavy atom. The number of hydrogen-bond donors (Lipinski definition) is 1. The highest BCUT2D eigenvalue weighted by Gasteiger charge is 2.37. The summed E-state index contributed by atoms with van der Waals surface area (Å²) in [4.78, 5) is 39.8. The van der Waals surface area contributed by atoms with Crippen molar-refractivity contribution in [2.45, 2.75) is 58.3 Å². The number of carbonyl (C=O) groups excluding carboxylic acids is 2. The minimum absolute atomic E-state index is 0.0713. The van der Waals surface area contributed by atoms with Crippen LogP contribution in [0.5, 0.6) is 17.2 Å². The monoisotopic (exact) mass is 617 g/mol. The van der Waals surface area contributed by atoms with Crippen LogP contribution < -0.4 is 19.7 Å². The third-order valence-electron chi connectivity index (χ3n) is 8.09. The molecule has 4 bridgehead atoms. The summed E-state index contributed by atoms with van der Waals surface area (Å²) in [5.74, 6) is 3.00. The number of benzene rings is 2. The fourth-order valence-corrected chi connectivity index (χ4v) is 5.77. The maximum absolute atomic E-state index is 13.5. The van der Waals surface area contributed by atoms with Gasteiger partial charge >= 0.3 is 0 Å². The van der Waals surface area contributed by atoms with Crippen molar-refractivity contribution >= 4 is 17.6 Å². The van der Waals surface area contributed by atoms with E-state index in [0.717, 1.165) is 35.3 Å². The van der Waals surface area contributed by atoms with E-state index in [2.05, 4.69) is 22.1 Å². The van der Waals surface area contributed by atoms with Crippen LogP contribution in [0.4, 0.5) is 5.82 Å². The Morgan fingerprint density at radius 3 is 2.73 bits per heavy atom. The van der Waals surface area contributed by atoms with Gasteiger partial charge < -0.3 is 34.1 Å². The largest absolute Gasteiger partial charge is 0.493 e. The maximum atomic E-state index is 13.5. The Labute approximate surface area is 264 Å². The van der Waals surface area contributed by atoms with E-state index in [1.54, 1.807) is 19.1 Å². The van der Waals surface area contributed by atoms with E-state index in [-0.39, 0.29) is 36.9 Å². The topological polar surface area (TPSA) is 115 Å². The number of rotatable bonds is 7. The van der Waals surface area contributed by atoms with Crippen molar-refractivity contribution < 1.29 is 28.5 Å². The van der Waals surface area contributed by atoms with Gasteiger partial charge in [0.1, 0.15) is 17.4 Å². The highest BCUT2D eigenvalue weighted by atomic mass is 16.5. The molecular formula is C34H43N5O6. The van der Waals surface area contributed by atoms with Gasteiger partial charge in [-0.2, -0.15) is 0 Å². The Kier molecular flexibility index (Phi) is 10.9. The van der Waals surface area contributed by atoms with Crippen molar-refractivity contribution in [1.29, 1.82) is 0 Å². The fraction of sp³-hybridized carbons (Fsp3) is 0.471. The van der Waals surface area contributed by atoms with Crippen LogP contribution in [0.1, 0.15) is 42.3 Å². The zero-order valence-electron chi connectivity index (χ0n) is 26.6. The predicted octanol–water partition coefficient (Wildman–Crippen LogP) is 3.85. The number of nitrogens with one attached hydrogen (secondary N) is 1. The molecule has 0 aliphatic carbocycles. The number of aryl methyl sites for hydroxylation is 3. The number of ether oxygens (including phenoxy) is 4. The Morgan fingerprint density at radius 2 is 1.93 bits per heavy atom. The number of methoxy groups -OCH3 is 2. The van der Waals surface area contributed by atoms with E-state index in [0.29, 0.717) is 62.3 Å². The number of aromatic nitrogens is 2. The first-order valence-corrected chi connectivity index (χ1v) is 15.6. The molecule has 2 aliphatic heterocycles. The number of amides is 2. The van der Waals surface area contributed by atoms with Gasteiger partial charge in [0.05, 0.1) is 39.0 Å². The lowest BCUT2D eigenvalue weighted by molar-refractivity contribution is -0.137. The van der Waals surface area contributed by atoms with Gasteiger partial charge in [-0.15, -0.1) is 0 Å². The van der Waals surface area contributed by atoms with Gasteiger partial charge in [-0.1, -0.05) is 31.5 Å². The molecule has 1 saturated heterocycles. The van der Waals surface area contributed by atoms with Crippen molar-refractivity contribution in [3.63, 3.8) is 0 Å². The van der Waals surface area contributed by atoms with Crippen LogP contribution in [0.3, 0.4) is 0 Å². The zero-order chi connectivity index (χ0) is 31.8. The average molecular weight is 618 g/mol. The SMILES string of the molecule is CCCc1cnc(C)nc1N1C[C@@H]2NC(=O)CN(CCOC)C(=O)CCc3ccc(OC)c(c3)Oc3cccc(c3)CO[C@H]2C1. The van der Waals surface area contributed by atoms with Gasteiger partial charge in [0.2, 0.25) is 11.8 Å². The Balaban J connectivity index is 1.45. The van der Waals surface area contributed by atoms with Crippen LogP contribution in [0.25, 0.3) is 0 Å². The molecule has 1 aromatic heterocycles. The molecule has 0 unspecified atom stereocenters. The predicted molar refractivity (Wildman–Crippen MR) is 170 cm³/mol. The van der Waals surface area contributed by atoms with Crippen molar-refractivity contribution in [3.05, 3.63) is 71.2 Å². The molecule has 45 heavy (non-hydrogen) atoms. The first kappa shape index (κ1) is 32.2. The fourth-order valence-electron chi connectivity index (χ4n) is 5.77. The summed E-state index contributed by atoms with van der Waals surface area (Å²) in [5, 5.41) is 3.18. The number of carbonyl (C=O) groups is 2. The van der Waals surface area contributed by atoms with E-state index in [4.69, 9.17) is 23.9 Å². The molecule has 2 aromatic carbocycles. The van der Waals surface area contributed by atoms with E-state index in [1.807, 2.05) is 55.6 Å². The number of nitrogens with zero attached hydrogens (tertiary/aromatic N) is 4. The molecule has 0 radical (unpaired) electrons. The van der Waals surface area contributed by atoms with E-state index in [9.17, 15) is 9.59 Å². The molecule has 5 rings (SSSR count). The molecule has 1 fully saturated rings. The molecule has 2 atom stereocenters. The molecule has 11 nitrogen and oxygen atoms in total. The molecule has 3 aromatic rings. The summed E-state index contributed by atoms with van der Waals surface area (Å²) in [5.41, 5.74) is 2.93. The first-order chi connectivity index (χ1) is 21.9. The lowest BCUT2D eigenvalue weighted by Gasteiger charge is -2.25. The normalized spacial score (nSPS) is 19.3. The highest BCUT2D eigenvalue weighted by molar-refractivity contribution is 5.85. The zero-order valence-corrected chi connectivity index (χ0v) is 26.6. The number of anilines is 1. The van der Waals surface area contributed by atoms with Crippen molar-refractivity contribution in [1.82, 2.24) is 20.2 Å². The highest BCUT2D eigenvalue weighted by Crippen LogP contribution is 2.33. The van der Waals surface area contributed by atoms with Gasteiger partial charge in [0, 0.05) is 44.9 Å². The van der Waals surface area contributed by atoms with Crippen LogP contribution in [-0.4, -0.2) is 85.8 Å². The standard InChI is InChI=1S/C34H43N5O6/c1-5-7-26-18-35-23(2)36-34(26)39-19-28-31(20-39)44-22-25-8-6-9-27(16-25)45-30-17-24(10-12-29(30)43-4)11-13-33(41)38(14-15-42-3)21-32(40)37-28/h6,8-10,12,16-18,28,31H,5,7,11,13-15,19-22H2,1-4H3,(H,37,40)/t28-,31-/m0/s1. The van der Waals surface area contributed by atoms with Crippen molar-refractivity contribution in [2.24, 2.45) is 0 Å². The Hall–Kier alpha value is -4.22. The minimum atomic E-state index is -0.318. The maximum Gasteiger partial charge on any atom is 0.239 e. The average Bonchev–Trinajstić information content (AvgIpc) is 3.43. The molecular weight excluding hydrogens is 574 g/mol. The van der Waals surface area contributed by atoms with Gasteiger partial charge in [-0.05, 0) is 55.2 Å². The summed E-state index contributed by atoms with van der Waals surface area (Å²) < 4.78 is 23.6. The van der Waals surface area contributed by atoms with Crippen LogP contribution in [0, 0.1) is 6.92 Å². The second-order valence-corrected chi connectivity index (χ2v) is 11.5. The first-order valence-electron chi connectivity index (χ1n) is 15.6. The molecule has 0 spiro atoms. The van der Waals surface area contributed by atoms with Crippen LogP contribution >= 0.6 is 0 Å². The summed E-state index contributed by atoms with van der Waals surface area (Å²) in [6.07, 6.45) is 4.11. The van der Waals surface area contributed by atoms with Gasteiger partial charge in [0.15, 0.2) is 11.5 Å². The molecule has 11 heteroatoms. The quantitative estimate of drug-likeness (QED) is 0.422. The minimum Gasteiger partial charge on any atom is -0.493 e.